The molecule has 7 heteroatoms. The van der Waals surface area contributed by atoms with Crippen LogP contribution in [0.4, 0.5) is 17.2 Å². The lowest BCUT2D eigenvalue weighted by atomic mass is 10.2. The van der Waals surface area contributed by atoms with Crippen molar-refractivity contribution in [1.29, 1.82) is 5.26 Å². The molecule has 26 heavy (non-hydrogen) atoms. The molecular weight excluding hydrogens is 371 g/mol. The molecule has 3 rings (SSSR count). The molecule has 0 atom stereocenters. The van der Waals surface area contributed by atoms with E-state index in [9.17, 15) is 4.79 Å². The fourth-order valence-corrected chi connectivity index (χ4v) is 2.46. The maximum Gasteiger partial charge on any atom is 0.255 e. The second kappa shape index (κ2) is 7.87. The highest BCUT2D eigenvalue weighted by molar-refractivity contribution is 6.42. The molecule has 128 valence electrons. The van der Waals surface area contributed by atoms with Gasteiger partial charge >= 0.3 is 0 Å². The number of hydrogen-bond acceptors (Lipinski definition) is 4. The second-order valence-electron chi connectivity index (χ2n) is 5.33. The van der Waals surface area contributed by atoms with Gasteiger partial charge in [0.25, 0.3) is 5.91 Å². The third kappa shape index (κ3) is 4.31. The number of carbonyl (C=O) groups is 1. The fraction of sp³-hybridized carbons (Fsp3) is 0. The number of nitrogens with zero attached hydrogens (tertiary/aromatic N) is 2. The molecule has 0 fully saturated rings. The SMILES string of the molecule is N#Cc1ccc(Nc2ccc(NC(=O)c3ccc(Cl)c(Cl)c3)cn2)cc1. The van der Waals surface area contributed by atoms with E-state index in [2.05, 4.69) is 21.7 Å². The molecule has 2 aromatic carbocycles. The molecule has 0 aliphatic heterocycles. The lowest BCUT2D eigenvalue weighted by Crippen LogP contribution is -2.12. The molecule has 0 aliphatic rings. The summed E-state index contributed by atoms with van der Waals surface area (Å²) in [6.07, 6.45) is 1.54. The zero-order valence-corrected chi connectivity index (χ0v) is 14.8. The third-order valence-electron chi connectivity index (χ3n) is 3.49. The Morgan fingerprint density at radius 3 is 2.31 bits per heavy atom. The van der Waals surface area contributed by atoms with Crippen LogP contribution in [-0.4, -0.2) is 10.9 Å². The van der Waals surface area contributed by atoms with Crippen LogP contribution in [0.1, 0.15) is 15.9 Å². The summed E-state index contributed by atoms with van der Waals surface area (Å²) < 4.78 is 0. The molecule has 0 bridgehead atoms. The number of pyridine rings is 1. The number of carbonyl (C=O) groups excluding carboxylic acids is 1. The molecular formula is C19H12Cl2N4O. The van der Waals surface area contributed by atoms with E-state index >= 15 is 0 Å². The Kier molecular flexibility index (Phi) is 5.37. The van der Waals surface area contributed by atoms with Crippen LogP contribution >= 0.6 is 23.2 Å². The molecule has 0 saturated carbocycles. The van der Waals surface area contributed by atoms with E-state index in [0.717, 1.165) is 5.69 Å². The molecule has 0 spiro atoms. The first-order valence-corrected chi connectivity index (χ1v) is 8.30. The largest absolute Gasteiger partial charge is 0.340 e. The Labute approximate surface area is 160 Å². The summed E-state index contributed by atoms with van der Waals surface area (Å²) in [5.41, 5.74) is 2.35. The van der Waals surface area contributed by atoms with Crippen molar-refractivity contribution in [3.8, 4) is 6.07 Å². The first kappa shape index (κ1) is 17.7. The Hall–Kier alpha value is -3.07. The normalized spacial score (nSPS) is 10.0. The molecule has 1 aromatic heterocycles. The van der Waals surface area contributed by atoms with E-state index < -0.39 is 0 Å². The lowest BCUT2D eigenvalue weighted by Gasteiger charge is -2.08. The minimum absolute atomic E-state index is 0.307. The topological polar surface area (TPSA) is 77.8 Å². The highest BCUT2D eigenvalue weighted by Gasteiger charge is 2.09. The number of nitriles is 1. The van der Waals surface area contributed by atoms with Crippen LogP contribution in [0.25, 0.3) is 0 Å². The second-order valence-corrected chi connectivity index (χ2v) is 6.14. The van der Waals surface area contributed by atoms with Crippen molar-refractivity contribution in [1.82, 2.24) is 4.98 Å². The molecule has 1 amide bonds. The summed E-state index contributed by atoms with van der Waals surface area (Å²) in [4.78, 5) is 16.5. The molecule has 1 heterocycles. The summed E-state index contributed by atoms with van der Waals surface area (Å²) >= 11 is 11.8. The average Bonchev–Trinajstić information content (AvgIpc) is 2.66. The molecule has 0 radical (unpaired) electrons. The van der Waals surface area contributed by atoms with Crippen molar-refractivity contribution >= 4 is 46.3 Å². The van der Waals surface area contributed by atoms with Crippen LogP contribution in [-0.2, 0) is 0 Å². The van der Waals surface area contributed by atoms with Gasteiger partial charge in [0.2, 0.25) is 0 Å². The first-order valence-electron chi connectivity index (χ1n) is 7.55. The Morgan fingerprint density at radius 2 is 1.69 bits per heavy atom. The average molecular weight is 383 g/mol. The number of anilines is 3. The first-order chi connectivity index (χ1) is 12.5. The number of rotatable bonds is 4. The summed E-state index contributed by atoms with van der Waals surface area (Å²) in [5.74, 6) is 0.306. The number of benzene rings is 2. The predicted molar refractivity (Wildman–Crippen MR) is 103 cm³/mol. The molecule has 0 saturated heterocycles. The van der Waals surface area contributed by atoms with E-state index in [4.69, 9.17) is 28.5 Å². The molecule has 2 N–H and O–H groups in total. The van der Waals surface area contributed by atoms with Crippen LogP contribution in [0.5, 0.6) is 0 Å². The van der Waals surface area contributed by atoms with Crippen LogP contribution in [0.2, 0.25) is 10.0 Å². The van der Waals surface area contributed by atoms with Crippen LogP contribution in [0.15, 0.2) is 60.8 Å². The maximum absolute atomic E-state index is 12.2. The summed E-state index contributed by atoms with van der Waals surface area (Å²) in [5, 5.41) is 15.4. The molecule has 5 nitrogen and oxygen atoms in total. The van der Waals surface area contributed by atoms with Gasteiger partial charge in [0, 0.05) is 11.3 Å². The Balaban J connectivity index is 1.66. The van der Waals surface area contributed by atoms with Gasteiger partial charge in [-0.3, -0.25) is 4.79 Å². The highest BCUT2D eigenvalue weighted by Crippen LogP contribution is 2.23. The molecule has 3 aromatic rings. The summed E-state index contributed by atoms with van der Waals surface area (Å²) in [6.45, 7) is 0. The third-order valence-corrected chi connectivity index (χ3v) is 4.23. The van der Waals surface area contributed by atoms with Crippen molar-refractivity contribution in [2.75, 3.05) is 10.6 Å². The van der Waals surface area contributed by atoms with Crippen molar-refractivity contribution in [2.24, 2.45) is 0 Å². The zero-order chi connectivity index (χ0) is 18.5. The minimum Gasteiger partial charge on any atom is -0.340 e. The van der Waals surface area contributed by atoms with Crippen LogP contribution < -0.4 is 10.6 Å². The maximum atomic E-state index is 12.2. The summed E-state index contributed by atoms with van der Waals surface area (Å²) in [7, 11) is 0. The van der Waals surface area contributed by atoms with Crippen molar-refractivity contribution in [2.45, 2.75) is 0 Å². The standard InChI is InChI=1S/C19H12Cl2N4O/c20-16-7-3-13(9-17(16)21)19(26)25-15-6-8-18(23-11-15)24-14-4-1-12(10-22)2-5-14/h1-9,11H,(H,23,24)(H,25,26). The van der Waals surface area contributed by atoms with Crippen molar-refractivity contribution in [3.05, 3.63) is 82.0 Å². The van der Waals surface area contributed by atoms with Gasteiger partial charge in [-0.25, -0.2) is 4.98 Å². The lowest BCUT2D eigenvalue weighted by molar-refractivity contribution is 0.102. The van der Waals surface area contributed by atoms with Gasteiger partial charge in [-0.05, 0) is 54.6 Å². The van der Waals surface area contributed by atoms with E-state index in [-0.39, 0.29) is 5.91 Å². The number of hydrogen-bond donors (Lipinski definition) is 2. The van der Waals surface area contributed by atoms with Gasteiger partial charge in [0.1, 0.15) is 5.82 Å². The minimum atomic E-state index is -0.307. The molecule has 0 unspecified atom stereocenters. The van der Waals surface area contributed by atoms with Crippen molar-refractivity contribution < 1.29 is 4.79 Å². The van der Waals surface area contributed by atoms with E-state index in [1.165, 1.54) is 6.07 Å². The molecule has 0 aliphatic carbocycles. The van der Waals surface area contributed by atoms with E-state index in [0.29, 0.717) is 32.7 Å². The smallest absolute Gasteiger partial charge is 0.255 e. The van der Waals surface area contributed by atoms with E-state index in [1.54, 1.807) is 54.7 Å². The zero-order valence-electron chi connectivity index (χ0n) is 13.3. The quantitative estimate of drug-likeness (QED) is 0.645. The Bertz CT molecular complexity index is 980. The van der Waals surface area contributed by atoms with Gasteiger partial charge in [-0.1, -0.05) is 23.2 Å². The number of aromatic nitrogens is 1. The number of halogens is 2. The predicted octanol–water partition coefficient (Wildman–Crippen LogP) is 5.26. The van der Waals surface area contributed by atoms with Gasteiger partial charge in [0.15, 0.2) is 0 Å². The van der Waals surface area contributed by atoms with Gasteiger partial charge in [-0.15, -0.1) is 0 Å². The van der Waals surface area contributed by atoms with Crippen molar-refractivity contribution in [3.63, 3.8) is 0 Å². The Morgan fingerprint density at radius 1 is 0.962 bits per heavy atom. The van der Waals surface area contributed by atoms with Crippen LogP contribution in [0.3, 0.4) is 0 Å². The number of nitrogens with one attached hydrogen (secondary N) is 2. The number of amides is 1. The van der Waals surface area contributed by atoms with Gasteiger partial charge < -0.3 is 10.6 Å². The highest BCUT2D eigenvalue weighted by atomic mass is 35.5. The van der Waals surface area contributed by atoms with Gasteiger partial charge in [-0.2, -0.15) is 5.26 Å². The van der Waals surface area contributed by atoms with E-state index in [1.807, 2.05) is 0 Å². The fourth-order valence-electron chi connectivity index (χ4n) is 2.16. The summed E-state index contributed by atoms with van der Waals surface area (Å²) in [6, 6.07) is 17.2. The van der Waals surface area contributed by atoms with Crippen LogP contribution in [0, 0.1) is 11.3 Å². The monoisotopic (exact) mass is 382 g/mol. The van der Waals surface area contributed by atoms with Gasteiger partial charge in [0.05, 0.1) is 33.6 Å².